The van der Waals surface area contributed by atoms with Crippen LogP contribution in [0.1, 0.15) is 37.5 Å². The van der Waals surface area contributed by atoms with Gasteiger partial charge in [0.1, 0.15) is 5.76 Å². The Morgan fingerprint density at radius 3 is 3.09 bits per heavy atom. The number of carbonyl (C=O) groups is 1. The number of nitrogens with zero attached hydrogens (tertiary/aromatic N) is 3. The van der Waals surface area contributed by atoms with Crippen molar-refractivity contribution in [3.05, 3.63) is 24.2 Å². The van der Waals surface area contributed by atoms with Crippen LogP contribution in [0.15, 0.2) is 22.8 Å². The first-order valence-electron chi connectivity index (χ1n) is 7.26. The lowest BCUT2D eigenvalue weighted by molar-refractivity contribution is 0.179. The fraction of sp³-hybridized carbons (Fsp3) is 0.500. The molecule has 2 amide bonds. The smallest absolute Gasteiger partial charge is 0.324 e. The lowest BCUT2D eigenvalue weighted by Gasteiger charge is -2.28. The molecule has 0 radical (unpaired) electrons. The lowest BCUT2D eigenvalue weighted by atomic mass is 10.1. The van der Waals surface area contributed by atoms with Gasteiger partial charge in [0.15, 0.2) is 0 Å². The number of methoxy groups -OCH3 is 1. The molecule has 118 valence electrons. The first kappa shape index (κ1) is 14.8. The third-order valence-corrected chi connectivity index (χ3v) is 4.48. The maximum absolute atomic E-state index is 12.6. The summed E-state index contributed by atoms with van der Waals surface area (Å²) in [7, 11) is 1.52. The molecule has 3 heterocycles. The van der Waals surface area contributed by atoms with Gasteiger partial charge in [0, 0.05) is 6.54 Å². The summed E-state index contributed by atoms with van der Waals surface area (Å²) in [6.45, 7) is 0.702. The van der Waals surface area contributed by atoms with E-state index in [0.717, 1.165) is 31.4 Å². The molecule has 0 aromatic carbocycles. The van der Waals surface area contributed by atoms with E-state index in [2.05, 4.69) is 15.5 Å². The SMILES string of the molecule is COc1nnc(NC(=O)N2CCCCCC2c2ccco2)s1. The Morgan fingerprint density at radius 2 is 2.36 bits per heavy atom. The van der Waals surface area contributed by atoms with E-state index in [1.807, 2.05) is 17.0 Å². The number of hydrogen-bond acceptors (Lipinski definition) is 6. The van der Waals surface area contributed by atoms with Crippen molar-refractivity contribution in [2.75, 3.05) is 19.0 Å². The van der Waals surface area contributed by atoms with Crippen molar-refractivity contribution in [3.63, 3.8) is 0 Å². The predicted molar refractivity (Wildman–Crippen MR) is 82.1 cm³/mol. The third-order valence-electron chi connectivity index (χ3n) is 3.68. The van der Waals surface area contributed by atoms with Gasteiger partial charge in [-0.1, -0.05) is 17.9 Å². The second-order valence-corrected chi connectivity index (χ2v) is 6.02. The zero-order chi connectivity index (χ0) is 15.4. The molecule has 1 unspecified atom stereocenters. The van der Waals surface area contributed by atoms with E-state index in [0.29, 0.717) is 16.9 Å². The van der Waals surface area contributed by atoms with E-state index in [9.17, 15) is 4.79 Å². The highest BCUT2D eigenvalue weighted by atomic mass is 32.1. The number of rotatable bonds is 3. The summed E-state index contributed by atoms with van der Waals surface area (Å²) in [5.41, 5.74) is 0. The van der Waals surface area contributed by atoms with Crippen LogP contribution in [0.4, 0.5) is 9.93 Å². The second-order valence-electron chi connectivity index (χ2n) is 5.08. The summed E-state index contributed by atoms with van der Waals surface area (Å²) < 4.78 is 10.5. The molecule has 2 aromatic heterocycles. The van der Waals surface area contributed by atoms with E-state index < -0.39 is 0 Å². The number of amides is 2. The molecule has 1 aliphatic rings. The van der Waals surface area contributed by atoms with Crippen LogP contribution in [0.3, 0.4) is 0 Å². The summed E-state index contributed by atoms with van der Waals surface area (Å²) in [5, 5.41) is 11.4. The van der Waals surface area contributed by atoms with E-state index in [4.69, 9.17) is 9.15 Å². The van der Waals surface area contributed by atoms with Gasteiger partial charge in [-0.15, -0.1) is 5.10 Å². The molecule has 1 atom stereocenters. The van der Waals surface area contributed by atoms with Crippen molar-refractivity contribution in [2.45, 2.75) is 31.7 Å². The molecule has 0 saturated carbocycles. The molecule has 22 heavy (non-hydrogen) atoms. The van der Waals surface area contributed by atoms with E-state index in [1.54, 1.807) is 6.26 Å². The quantitative estimate of drug-likeness (QED) is 0.938. The maximum Gasteiger partial charge on any atom is 0.324 e. The Bertz CT molecular complexity index is 613. The van der Waals surface area contributed by atoms with Crippen molar-refractivity contribution in [3.8, 4) is 5.19 Å². The number of hydrogen-bond donors (Lipinski definition) is 1. The minimum Gasteiger partial charge on any atom is -0.472 e. The van der Waals surface area contributed by atoms with Crippen LogP contribution in [0.25, 0.3) is 0 Å². The summed E-state index contributed by atoms with van der Waals surface area (Å²) in [5.74, 6) is 0.826. The number of urea groups is 1. The van der Waals surface area contributed by atoms with Crippen LogP contribution >= 0.6 is 11.3 Å². The fourth-order valence-electron chi connectivity index (χ4n) is 2.63. The summed E-state index contributed by atoms with van der Waals surface area (Å²) >= 11 is 1.20. The number of nitrogens with one attached hydrogen (secondary N) is 1. The summed E-state index contributed by atoms with van der Waals surface area (Å²) in [6, 6.07) is 3.56. The molecule has 0 spiro atoms. The molecule has 0 aliphatic carbocycles. The molecule has 1 fully saturated rings. The number of aromatic nitrogens is 2. The maximum atomic E-state index is 12.6. The summed E-state index contributed by atoms with van der Waals surface area (Å²) in [6.07, 6.45) is 5.74. The molecule has 0 bridgehead atoms. The van der Waals surface area contributed by atoms with Crippen LogP contribution in [0, 0.1) is 0 Å². The zero-order valence-corrected chi connectivity index (χ0v) is 13.1. The molecule has 8 heteroatoms. The summed E-state index contributed by atoms with van der Waals surface area (Å²) in [4.78, 5) is 14.4. The first-order chi connectivity index (χ1) is 10.8. The predicted octanol–water partition coefficient (Wildman–Crippen LogP) is 3.29. The standard InChI is InChI=1S/C14H18N4O3S/c1-20-14-17-16-12(22-14)15-13(19)18-8-4-2-3-6-10(18)11-7-5-9-21-11/h5,7,9-10H,2-4,6,8H2,1H3,(H,15,16,19). The van der Waals surface area contributed by atoms with Crippen LogP contribution in [-0.2, 0) is 0 Å². The highest BCUT2D eigenvalue weighted by Crippen LogP contribution is 2.31. The Balaban J connectivity index is 1.75. The largest absolute Gasteiger partial charge is 0.472 e. The molecular formula is C14H18N4O3S. The van der Waals surface area contributed by atoms with Gasteiger partial charge in [-0.25, -0.2) is 4.79 Å². The minimum atomic E-state index is -0.179. The Morgan fingerprint density at radius 1 is 1.45 bits per heavy atom. The Labute approximate surface area is 132 Å². The number of anilines is 1. The van der Waals surface area contributed by atoms with Crippen LogP contribution in [-0.4, -0.2) is 34.8 Å². The van der Waals surface area contributed by atoms with Gasteiger partial charge in [-0.2, -0.15) is 0 Å². The highest BCUT2D eigenvalue weighted by molar-refractivity contribution is 7.17. The fourth-order valence-corrected chi connectivity index (χ4v) is 3.18. The Hall–Kier alpha value is -2.09. The first-order valence-corrected chi connectivity index (χ1v) is 8.08. The monoisotopic (exact) mass is 322 g/mol. The van der Waals surface area contributed by atoms with Gasteiger partial charge < -0.3 is 14.1 Å². The zero-order valence-electron chi connectivity index (χ0n) is 12.3. The van der Waals surface area contributed by atoms with Crippen molar-refractivity contribution in [1.29, 1.82) is 0 Å². The van der Waals surface area contributed by atoms with E-state index >= 15 is 0 Å². The van der Waals surface area contributed by atoms with Crippen LogP contribution < -0.4 is 10.1 Å². The molecular weight excluding hydrogens is 304 g/mol. The van der Waals surface area contributed by atoms with Crippen molar-refractivity contribution in [1.82, 2.24) is 15.1 Å². The van der Waals surface area contributed by atoms with Crippen molar-refractivity contribution < 1.29 is 13.9 Å². The van der Waals surface area contributed by atoms with Crippen molar-refractivity contribution >= 4 is 22.5 Å². The number of furan rings is 1. The van der Waals surface area contributed by atoms with Crippen LogP contribution in [0.5, 0.6) is 5.19 Å². The number of carbonyl (C=O) groups excluding carboxylic acids is 1. The third kappa shape index (κ3) is 3.22. The van der Waals surface area contributed by atoms with Gasteiger partial charge in [-0.05, 0) is 36.3 Å². The molecule has 1 N–H and O–H groups in total. The van der Waals surface area contributed by atoms with Gasteiger partial charge in [0.2, 0.25) is 5.13 Å². The van der Waals surface area contributed by atoms with Crippen LogP contribution in [0.2, 0.25) is 0 Å². The molecule has 2 aromatic rings. The topological polar surface area (TPSA) is 80.5 Å². The lowest BCUT2D eigenvalue weighted by Crippen LogP contribution is -2.37. The van der Waals surface area contributed by atoms with E-state index in [1.165, 1.54) is 18.4 Å². The average molecular weight is 322 g/mol. The van der Waals surface area contributed by atoms with Crippen molar-refractivity contribution in [2.24, 2.45) is 0 Å². The number of likely N-dealkylation sites (tertiary alicyclic amines) is 1. The molecule has 1 aliphatic heterocycles. The van der Waals surface area contributed by atoms with Gasteiger partial charge in [0.05, 0.1) is 19.4 Å². The Kier molecular flexibility index (Phi) is 4.57. The van der Waals surface area contributed by atoms with Gasteiger partial charge in [0.25, 0.3) is 5.19 Å². The molecule has 7 nitrogen and oxygen atoms in total. The highest BCUT2D eigenvalue weighted by Gasteiger charge is 2.29. The minimum absolute atomic E-state index is 0.0349. The second kappa shape index (κ2) is 6.78. The normalized spacial score (nSPS) is 18.8. The number of ether oxygens (including phenoxy) is 1. The van der Waals surface area contributed by atoms with E-state index in [-0.39, 0.29) is 12.1 Å². The van der Waals surface area contributed by atoms with Gasteiger partial charge >= 0.3 is 6.03 Å². The molecule has 1 saturated heterocycles. The van der Waals surface area contributed by atoms with Gasteiger partial charge in [-0.3, -0.25) is 5.32 Å². The average Bonchev–Trinajstić information content (AvgIpc) is 3.14. The molecule has 3 rings (SSSR count).